The summed E-state index contributed by atoms with van der Waals surface area (Å²) in [4.78, 5) is 0. The maximum atomic E-state index is 9.33. The average molecular weight is 221 g/mol. The number of halogens is 1. The molecule has 0 unspecified atom stereocenters. The molecule has 0 aliphatic heterocycles. The minimum absolute atomic E-state index is 0. The van der Waals surface area contributed by atoms with Crippen molar-refractivity contribution >= 4 is 12.4 Å². The summed E-state index contributed by atoms with van der Waals surface area (Å²) >= 11 is 0. The van der Waals surface area contributed by atoms with E-state index in [0.29, 0.717) is 5.56 Å². The van der Waals surface area contributed by atoms with Gasteiger partial charge in [-0.15, -0.1) is 12.4 Å². The molecule has 0 amide bonds. The van der Waals surface area contributed by atoms with Gasteiger partial charge in [0.05, 0.1) is 0 Å². The van der Waals surface area contributed by atoms with E-state index in [9.17, 15) is 5.11 Å². The standard InChI is InChI=1S/C8H12N2O3.ClH/c9-3-5(10)4-1-2-6(11)8(13)7(4)12;/h1-2,5,11-13H,3,9-10H2;1H/t5-;/m0./s1. The summed E-state index contributed by atoms with van der Waals surface area (Å²) in [6.07, 6.45) is 0. The highest BCUT2D eigenvalue weighted by Crippen LogP contribution is 2.38. The van der Waals surface area contributed by atoms with E-state index in [-0.39, 0.29) is 24.7 Å². The van der Waals surface area contributed by atoms with Crippen LogP contribution in [0, 0.1) is 0 Å². The first-order valence-electron chi connectivity index (χ1n) is 3.77. The van der Waals surface area contributed by atoms with E-state index in [2.05, 4.69) is 0 Å². The second-order valence-corrected chi connectivity index (χ2v) is 2.71. The molecule has 1 aromatic carbocycles. The minimum atomic E-state index is -0.568. The van der Waals surface area contributed by atoms with Crippen LogP contribution in [0.3, 0.4) is 0 Å². The summed E-state index contributed by atoms with van der Waals surface area (Å²) in [5.41, 5.74) is 11.1. The normalized spacial score (nSPS) is 11.9. The van der Waals surface area contributed by atoms with Gasteiger partial charge >= 0.3 is 0 Å². The number of phenols is 3. The summed E-state index contributed by atoms with van der Waals surface area (Å²) in [5.74, 6) is -1.37. The smallest absolute Gasteiger partial charge is 0.200 e. The van der Waals surface area contributed by atoms with Gasteiger partial charge in [-0.1, -0.05) is 0 Å². The van der Waals surface area contributed by atoms with Gasteiger partial charge in [-0.25, -0.2) is 0 Å². The van der Waals surface area contributed by atoms with Gasteiger partial charge in [0.15, 0.2) is 11.5 Å². The third kappa shape index (κ3) is 2.20. The molecule has 80 valence electrons. The molecule has 0 radical (unpaired) electrons. The molecule has 7 N–H and O–H groups in total. The number of hydrogen-bond acceptors (Lipinski definition) is 5. The first-order chi connectivity index (χ1) is 6.07. The summed E-state index contributed by atoms with van der Waals surface area (Å²) in [5, 5.41) is 27.5. The van der Waals surface area contributed by atoms with Crippen LogP contribution in [0.1, 0.15) is 11.6 Å². The van der Waals surface area contributed by atoms with E-state index in [1.807, 2.05) is 0 Å². The molecule has 0 bridgehead atoms. The molecule has 1 rings (SSSR count). The SMILES string of the molecule is Cl.NC[C@H](N)c1ccc(O)c(O)c1O. The van der Waals surface area contributed by atoms with Gasteiger partial charge in [-0.2, -0.15) is 0 Å². The van der Waals surface area contributed by atoms with E-state index in [1.165, 1.54) is 12.1 Å². The lowest BCUT2D eigenvalue weighted by Gasteiger charge is -2.12. The van der Waals surface area contributed by atoms with Crippen molar-refractivity contribution in [3.63, 3.8) is 0 Å². The highest BCUT2D eigenvalue weighted by molar-refractivity contribution is 5.85. The van der Waals surface area contributed by atoms with E-state index < -0.39 is 17.5 Å². The van der Waals surface area contributed by atoms with Gasteiger partial charge in [-0.05, 0) is 12.1 Å². The molecule has 0 aromatic heterocycles. The van der Waals surface area contributed by atoms with Crippen molar-refractivity contribution < 1.29 is 15.3 Å². The summed E-state index contributed by atoms with van der Waals surface area (Å²) in [6, 6.07) is 2.12. The van der Waals surface area contributed by atoms with Gasteiger partial charge in [0.25, 0.3) is 0 Å². The third-order valence-corrected chi connectivity index (χ3v) is 1.81. The van der Waals surface area contributed by atoms with E-state index in [4.69, 9.17) is 21.7 Å². The van der Waals surface area contributed by atoms with Crippen LogP contribution >= 0.6 is 12.4 Å². The lowest BCUT2D eigenvalue weighted by molar-refractivity contribution is 0.363. The van der Waals surface area contributed by atoms with Gasteiger partial charge in [0.1, 0.15) is 0 Å². The number of hydrogen-bond donors (Lipinski definition) is 5. The Kier molecular flexibility index (Phi) is 4.49. The topological polar surface area (TPSA) is 113 Å². The maximum Gasteiger partial charge on any atom is 0.200 e. The summed E-state index contributed by atoms with van der Waals surface area (Å²) in [7, 11) is 0. The maximum absolute atomic E-state index is 9.33. The van der Waals surface area contributed by atoms with Crippen molar-refractivity contribution in [2.45, 2.75) is 6.04 Å². The Morgan fingerprint density at radius 2 is 1.71 bits per heavy atom. The van der Waals surface area contributed by atoms with Crippen molar-refractivity contribution in [3.05, 3.63) is 17.7 Å². The average Bonchev–Trinajstić information content (AvgIpc) is 2.13. The fourth-order valence-corrected chi connectivity index (χ4v) is 1.01. The van der Waals surface area contributed by atoms with E-state index in [1.54, 1.807) is 0 Å². The molecule has 6 heteroatoms. The predicted molar refractivity (Wildman–Crippen MR) is 54.7 cm³/mol. The highest BCUT2D eigenvalue weighted by atomic mass is 35.5. The Bertz CT molecular complexity index is 320. The van der Waals surface area contributed by atoms with Crippen LogP contribution in [0.4, 0.5) is 0 Å². The Hall–Kier alpha value is -1.17. The van der Waals surface area contributed by atoms with Gasteiger partial charge in [0, 0.05) is 18.2 Å². The van der Waals surface area contributed by atoms with Crippen LogP contribution in [-0.2, 0) is 0 Å². The third-order valence-electron chi connectivity index (χ3n) is 1.81. The molecule has 1 aromatic rings. The number of benzene rings is 1. The Balaban J connectivity index is 0.00000169. The van der Waals surface area contributed by atoms with Crippen LogP contribution in [0.5, 0.6) is 17.2 Å². The largest absolute Gasteiger partial charge is 0.504 e. The summed E-state index contributed by atoms with van der Waals surface area (Å²) in [6.45, 7) is 0.151. The molecule has 0 heterocycles. The molecule has 14 heavy (non-hydrogen) atoms. The molecule has 0 aliphatic rings. The zero-order valence-electron chi connectivity index (χ0n) is 7.34. The molecule has 1 atom stereocenters. The Morgan fingerprint density at radius 3 is 2.21 bits per heavy atom. The fraction of sp³-hybridized carbons (Fsp3) is 0.250. The first-order valence-corrected chi connectivity index (χ1v) is 3.77. The predicted octanol–water partition coefficient (Wildman–Crippen LogP) is 0.184. The Labute approximate surface area is 87.4 Å². The molecule has 0 aliphatic carbocycles. The van der Waals surface area contributed by atoms with Gasteiger partial charge < -0.3 is 26.8 Å². The van der Waals surface area contributed by atoms with Crippen molar-refractivity contribution in [1.29, 1.82) is 0 Å². The molecule has 0 fully saturated rings. The van der Waals surface area contributed by atoms with Crippen LogP contribution in [0.15, 0.2) is 12.1 Å². The number of aromatic hydroxyl groups is 3. The second-order valence-electron chi connectivity index (χ2n) is 2.71. The zero-order valence-corrected chi connectivity index (χ0v) is 8.16. The quantitative estimate of drug-likeness (QED) is 0.457. The second kappa shape index (κ2) is 4.90. The van der Waals surface area contributed by atoms with Crippen molar-refractivity contribution in [2.75, 3.05) is 6.54 Å². The lowest BCUT2D eigenvalue weighted by Crippen LogP contribution is -2.20. The highest BCUT2D eigenvalue weighted by Gasteiger charge is 2.14. The van der Waals surface area contributed by atoms with Crippen LogP contribution < -0.4 is 11.5 Å². The van der Waals surface area contributed by atoms with Crippen LogP contribution in [0.25, 0.3) is 0 Å². The number of nitrogens with two attached hydrogens (primary N) is 2. The van der Waals surface area contributed by atoms with Crippen molar-refractivity contribution in [1.82, 2.24) is 0 Å². The molecular weight excluding hydrogens is 208 g/mol. The monoisotopic (exact) mass is 220 g/mol. The van der Waals surface area contributed by atoms with Crippen molar-refractivity contribution in [2.24, 2.45) is 11.5 Å². The van der Waals surface area contributed by atoms with Gasteiger partial charge in [-0.3, -0.25) is 0 Å². The molecule has 0 spiro atoms. The molecule has 5 nitrogen and oxygen atoms in total. The van der Waals surface area contributed by atoms with E-state index in [0.717, 1.165) is 0 Å². The minimum Gasteiger partial charge on any atom is -0.504 e. The van der Waals surface area contributed by atoms with Crippen LogP contribution in [-0.4, -0.2) is 21.9 Å². The van der Waals surface area contributed by atoms with E-state index >= 15 is 0 Å². The first kappa shape index (κ1) is 12.8. The molecular formula is C8H13ClN2O3. The molecule has 0 saturated carbocycles. The zero-order chi connectivity index (χ0) is 10.0. The number of rotatable bonds is 2. The van der Waals surface area contributed by atoms with Crippen LogP contribution in [0.2, 0.25) is 0 Å². The van der Waals surface area contributed by atoms with Gasteiger partial charge in [0.2, 0.25) is 5.75 Å². The Morgan fingerprint density at radius 1 is 1.14 bits per heavy atom. The number of phenolic OH excluding ortho intramolecular Hbond substituents is 3. The fourth-order valence-electron chi connectivity index (χ4n) is 1.01. The van der Waals surface area contributed by atoms with Crippen molar-refractivity contribution in [3.8, 4) is 17.2 Å². The summed E-state index contributed by atoms with van der Waals surface area (Å²) < 4.78 is 0. The lowest BCUT2D eigenvalue weighted by atomic mass is 10.1. The molecule has 0 saturated heterocycles.